The molecule has 1 aromatic carbocycles. The Kier molecular flexibility index (Phi) is 5.55. The smallest absolute Gasteiger partial charge is 0.237 e. The quantitative estimate of drug-likeness (QED) is 0.884. The van der Waals surface area contributed by atoms with Gasteiger partial charge < -0.3 is 5.32 Å². The Labute approximate surface area is 117 Å². The third-order valence-electron chi connectivity index (χ3n) is 2.97. The van der Waals surface area contributed by atoms with Crippen LogP contribution in [0.2, 0.25) is 0 Å². The maximum absolute atomic E-state index is 12.3. The number of carbonyl (C=O) groups excluding carboxylic acids is 1. The first kappa shape index (κ1) is 15.7. The molecule has 1 aromatic rings. The van der Waals surface area contributed by atoms with E-state index in [1.807, 2.05) is 58.0 Å². The molecule has 0 radical (unpaired) electrons. The van der Waals surface area contributed by atoms with Crippen LogP contribution >= 0.6 is 0 Å². The second kappa shape index (κ2) is 6.71. The fraction of sp³-hybridized carbons (Fsp3) is 0.562. The third kappa shape index (κ3) is 5.88. The zero-order valence-electron chi connectivity index (χ0n) is 12.7. The van der Waals surface area contributed by atoms with Crippen molar-refractivity contribution in [1.29, 1.82) is 0 Å². The van der Waals surface area contributed by atoms with E-state index in [2.05, 4.69) is 17.4 Å². The van der Waals surface area contributed by atoms with Crippen LogP contribution in [-0.4, -0.2) is 36.5 Å². The monoisotopic (exact) mass is 262 g/mol. The summed E-state index contributed by atoms with van der Waals surface area (Å²) < 4.78 is 0. The molecule has 0 spiro atoms. The number of amides is 1. The van der Waals surface area contributed by atoms with Crippen molar-refractivity contribution in [2.75, 3.05) is 14.1 Å². The Morgan fingerprint density at radius 3 is 2.26 bits per heavy atom. The molecule has 1 amide bonds. The van der Waals surface area contributed by atoms with Gasteiger partial charge >= 0.3 is 0 Å². The van der Waals surface area contributed by atoms with E-state index in [4.69, 9.17) is 0 Å². The van der Waals surface area contributed by atoms with E-state index >= 15 is 0 Å². The van der Waals surface area contributed by atoms with Gasteiger partial charge in [-0.15, -0.1) is 0 Å². The first-order chi connectivity index (χ1) is 8.79. The highest BCUT2D eigenvalue weighted by molar-refractivity contribution is 5.82. The van der Waals surface area contributed by atoms with Crippen molar-refractivity contribution in [3.8, 4) is 0 Å². The fourth-order valence-electron chi connectivity index (χ4n) is 2.02. The molecule has 106 valence electrons. The first-order valence-corrected chi connectivity index (χ1v) is 6.82. The number of likely N-dealkylation sites (N-methyl/N-ethyl adjacent to an activating group) is 1. The molecular formula is C16H26N2O. The number of carbonyl (C=O) groups is 1. The number of nitrogens with one attached hydrogen (secondary N) is 1. The molecule has 0 saturated heterocycles. The summed E-state index contributed by atoms with van der Waals surface area (Å²) in [5.41, 5.74) is 1.09. The molecular weight excluding hydrogens is 236 g/mol. The van der Waals surface area contributed by atoms with Crippen molar-refractivity contribution in [3.05, 3.63) is 35.9 Å². The number of aryl methyl sites for hydroxylation is 1. The van der Waals surface area contributed by atoms with Gasteiger partial charge in [-0.2, -0.15) is 0 Å². The van der Waals surface area contributed by atoms with Crippen LogP contribution in [0.5, 0.6) is 0 Å². The molecule has 1 N–H and O–H groups in total. The van der Waals surface area contributed by atoms with Crippen LogP contribution in [0, 0.1) is 0 Å². The molecule has 1 unspecified atom stereocenters. The SMILES string of the molecule is CN(C)C(CCc1ccccc1)C(=O)NC(C)(C)C. The van der Waals surface area contributed by atoms with Crippen LogP contribution in [0.4, 0.5) is 0 Å². The minimum atomic E-state index is -0.182. The summed E-state index contributed by atoms with van der Waals surface area (Å²) in [4.78, 5) is 14.3. The lowest BCUT2D eigenvalue weighted by Gasteiger charge is -2.28. The van der Waals surface area contributed by atoms with Crippen LogP contribution in [-0.2, 0) is 11.2 Å². The molecule has 0 aromatic heterocycles. The molecule has 0 aliphatic rings. The summed E-state index contributed by atoms with van der Waals surface area (Å²) in [6.45, 7) is 6.03. The molecule has 3 nitrogen and oxygen atoms in total. The van der Waals surface area contributed by atoms with Gasteiger partial charge in [0.1, 0.15) is 0 Å². The van der Waals surface area contributed by atoms with E-state index in [1.54, 1.807) is 0 Å². The van der Waals surface area contributed by atoms with E-state index in [0.717, 1.165) is 12.8 Å². The van der Waals surface area contributed by atoms with Crippen molar-refractivity contribution in [2.24, 2.45) is 0 Å². The van der Waals surface area contributed by atoms with E-state index < -0.39 is 0 Å². The summed E-state index contributed by atoms with van der Waals surface area (Å²) in [7, 11) is 3.91. The van der Waals surface area contributed by atoms with Gasteiger partial charge in [-0.1, -0.05) is 30.3 Å². The summed E-state index contributed by atoms with van der Waals surface area (Å²) in [5.74, 6) is 0.105. The molecule has 0 aliphatic carbocycles. The highest BCUT2D eigenvalue weighted by atomic mass is 16.2. The molecule has 0 aliphatic heterocycles. The number of benzene rings is 1. The van der Waals surface area contributed by atoms with Gasteiger partial charge in [-0.3, -0.25) is 9.69 Å². The highest BCUT2D eigenvalue weighted by Crippen LogP contribution is 2.10. The lowest BCUT2D eigenvalue weighted by molar-refractivity contribution is -0.127. The van der Waals surface area contributed by atoms with E-state index in [0.29, 0.717) is 0 Å². The standard InChI is InChI=1S/C16H26N2O/c1-16(2,3)17-15(19)14(18(4)5)12-11-13-9-7-6-8-10-13/h6-10,14H,11-12H2,1-5H3,(H,17,19). The predicted molar refractivity (Wildman–Crippen MR) is 80.1 cm³/mol. The van der Waals surface area contributed by atoms with Gasteiger partial charge in [0.2, 0.25) is 5.91 Å². The number of nitrogens with zero attached hydrogens (tertiary/aromatic N) is 1. The van der Waals surface area contributed by atoms with Gasteiger partial charge in [0.25, 0.3) is 0 Å². The van der Waals surface area contributed by atoms with Crippen molar-refractivity contribution >= 4 is 5.91 Å². The first-order valence-electron chi connectivity index (χ1n) is 6.82. The van der Waals surface area contributed by atoms with Crippen molar-refractivity contribution in [3.63, 3.8) is 0 Å². The van der Waals surface area contributed by atoms with Crippen molar-refractivity contribution in [2.45, 2.75) is 45.2 Å². The average Bonchev–Trinajstić information content (AvgIpc) is 2.27. The molecule has 19 heavy (non-hydrogen) atoms. The van der Waals surface area contributed by atoms with Crippen molar-refractivity contribution in [1.82, 2.24) is 10.2 Å². The minimum Gasteiger partial charge on any atom is -0.350 e. The summed E-state index contributed by atoms with van der Waals surface area (Å²) in [6.07, 6.45) is 1.75. The van der Waals surface area contributed by atoms with Crippen molar-refractivity contribution < 1.29 is 4.79 Å². The largest absolute Gasteiger partial charge is 0.350 e. The molecule has 0 bridgehead atoms. The highest BCUT2D eigenvalue weighted by Gasteiger charge is 2.24. The zero-order valence-corrected chi connectivity index (χ0v) is 12.7. The molecule has 1 atom stereocenters. The number of rotatable bonds is 5. The van der Waals surface area contributed by atoms with E-state index in [1.165, 1.54) is 5.56 Å². The van der Waals surface area contributed by atoms with Gasteiger partial charge in [-0.25, -0.2) is 0 Å². The lowest BCUT2D eigenvalue weighted by Crippen LogP contribution is -2.50. The molecule has 0 heterocycles. The number of hydrogen-bond acceptors (Lipinski definition) is 2. The van der Waals surface area contributed by atoms with Crippen LogP contribution < -0.4 is 5.32 Å². The summed E-state index contributed by atoms with van der Waals surface area (Å²) in [5, 5.41) is 3.06. The topological polar surface area (TPSA) is 32.3 Å². The predicted octanol–water partition coefficient (Wildman–Crippen LogP) is 2.46. The molecule has 3 heteroatoms. The van der Waals surface area contributed by atoms with Crippen LogP contribution in [0.15, 0.2) is 30.3 Å². The average molecular weight is 262 g/mol. The van der Waals surface area contributed by atoms with Gasteiger partial charge in [-0.05, 0) is 53.3 Å². The number of hydrogen-bond donors (Lipinski definition) is 1. The Balaban J connectivity index is 2.61. The summed E-state index contributed by atoms with van der Waals surface area (Å²) in [6, 6.07) is 10.2. The van der Waals surface area contributed by atoms with Crippen LogP contribution in [0.1, 0.15) is 32.8 Å². The van der Waals surface area contributed by atoms with Gasteiger partial charge in [0.15, 0.2) is 0 Å². The molecule has 0 fully saturated rings. The third-order valence-corrected chi connectivity index (χ3v) is 2.97. The molecule has 0 saturated carbocycles. The lowest BCUT2D eigenvalue weighted by atomic mass is 10.0. The van der Waals surface area contributed by atoms with Crippen LogP contribution in [0.3, 0.4) is 0 Å². The van der Waals surface area contributed by atoms with Crippen LogP contribution in [0.25, 0.3) is 0 Å². The molecule has 1 rings (SSSR count). The maximum atomic E-state index is 12.3. The normalized spacial score (nSPS) is 13.4. The summed E-state index contributed by atoms with van der Waals surface area (Å²) >= 11 is 0. The Hall–Kier alpha value is -1.35. The van der Waals surface area contributed by atoms with E-state index in [9.17, 15) is 4.79 Å². The Bertz CT molecular complexity index is 393. The maximum Gasteiger partial charge on any atom is 0.237 e. The zero-order chi connectivity index (χ0) is 14.5. The Morgan fingerprint density at radius 1 is 1.21 bits per heavy atom. The van der Waals surface area contributed by atoms with Gasteiger partial charge in [0, 0.05) is 5.54 Å². The second-order valence-corrected chi connectivity index (χ2v) is 6.24. The van der Waals surface area contributed by atoms with Gasteiger partial charge in [0.05, 0.1) is 6.04 Å². The minimum absolute atomic E-state index is 0.0839. The second-order valence-electron chi connectivity index (χ2n) is 6.24. The fourth-order valence-corrected chi connectivity index (χ4v) is 2.02. The van der Waals surface area contributed by atoms with E-state index in [-0.39, 0.29) is 17.5 Å². The Morgan fingerprint density at radius 2 is 1.79 bits per heavy atom.